The van der Waals surface area contributed by atoms with Gasteiger partial charge in [-0.25, -0.2) is 0 Å². The quantitative estimate of drug-likeness (QED) is 0.819. The molecule has 4 rings (SSSR count). The highest BCUT2D eigenvalue weighted by atomic mass is 16.5. The van der Waals surface area contributed by atoms with E-state index in [4.69, 9.17) is 4.52 Å². The van der Waals surface area contributed by atoms with Gasteiger partial charge in [0.15, 0.2) is 0 Å². The van der Waals surface area contributed by atoms with Gasteiger partial charge in [0.05, 0.1) is 6.04 Å². The van der Waals surface area contributed by atoms with E-state index in [-0.39, 0.29) is 0 Å². The number of aryl methyl sites for hydroxylation is 1. The Bertz CT molecular complexity index is 539. The third-order valence-electron chi connectivity index (χ3n) is 3.99. The van der Waals surface area contributed by atoms with Crippen LogP contribution in [0.4, 0.5) is 0 Å². The molecule has 2 aromatic rings. The first kappa shape index (κ1) is 10.3. The van der Waals surface area contributed by atoms with Crippen molar-refractivity contribution in [2.24, 2.45) is 0 Å². The van der Waals surface area contributed by atoms with E-state index in [0.717, 1.165) is 43.9 Å². The number of nitrogens with zero attached hydrogens (tertiary/aromatic N) is 4. The number of hydrogen-bond donors (Lipinski definition) is 0. The summed E-state index contributed by atoms with van der Waals surface area (Å²) in [5, 5.41) is 8.49. The largest absolute Gasteiger partial charge is 0.361 e. The molecule has 1 saturated heterocycles. The summed E-state index contributed by atoms with van der Waals surface area (Å²) in [5.74, 6) is 1.12. The Morgan fingerprint density at radius 1 is 1.33 bits per heavy atom. The molecular weight excluding hydrogens is 228 g/mol. The third-order valence-corrected chi connectivity index (χ3v) is 3.99. The minimum absolute atomic E-state index is 0.528. The van der Waals surface area contributed by atoms with Crippen molar-refractivity contribution in [3.63, 3.8) is 0 Å². The maximum Gasteiger partial charge on any atom is 0.140 e. The summed E-state index contributed by atoms with van der Waals surface area (Å²) in [6.07, 6.45) is 7.31. The molecule has 0 radical (unpaired) electrons. The second kappa shape index (κ2) is 3.95. The zero-order chi connectivity index (χ0) is 11.9. The van der Waals surface area contributed by atoms with Crippen LogP contribution in [0.15, 0.2) is 23.0 Å². The Hall–Kier alpha value is -1.62. The van der Waals surface area contributed by atoms with Crippen molar-refractivity contribution in [1.82, 2.24) is 19.8 Å². The van der Waals surface area contributed by atoms with Gasteiger partial charge < -0.3 is 4.52 Å². The van der Waals surface area contributed by atoms with E-state index in [2.05, 4.69) is 15.2 Å². The van der Waals surface area contributed by atoms with Gasteiger partial charge in [0.2, 0.25) is 0 Å². The van der Waals surface area contributed by atoms with Crippen molar-refractivity contribution < 1.29 is 4.52 Å². The molecule has 0 amide bonds. The molecule has 1 aliphatic heterocycles. The summed E-state index contributed by atoms with van der Waals surface area (Å²) in [4.78, 5) is 2.41. The van der Waals surface area contributed by atoms with Gasteiger partial charge in [0, 0.05) is 44.0 Å². The van der Waals surface area contributed by atoms with Crippen LogP contribution in [0.3, 0.4) is 0 Å². The predicted molar refractivity (Wildman–Crippen MR) is 65.1 cm³/mol. The van der Waals surface area contributed by atoms with Gasteiger partial charge in [0.25, 0.3) is 0 Å². The van der Waals surface area contributed by atoms with Crippen LogP contribution in [-0.4, -0.2) is 32.9 Å². The van der Waals surface area contributed by atoms with Gasteiger partial charge in [-0.3, -0.25) is 9.58 Å². The zero-order valence-corrected chi connectivity index (χ0v) is 10.2. The molecular formula is C13H16N4O. The minimum Gasteiger partial charge on any atom is -0.361 e. The van der Waals surface area contributed by atoms with E-state index in [9.17, 15) is 0 Å². The second-order valence-corrected chi connectivity index (χ2v) is 5.22. The molecule has 94 valence electrons. The molecule has 0 atom stereocenters. The summed E-state index contributed by atoms with van der Waals surface area (Å²) in [5.41, 5.74) is 2.53. The van der Waals surface area contributed by atoms with E-state index in [1.165, 1.54) is 12.0 Å². The predicted octanol–water partition coefficient (Wildman–Crippen LogP) is 1.42. The van der Waals surface area contributed by atoms with E-state index in [0.29, 0.717) is 6.04 Å². The lowest BCUT2D eigenvalue weighted by molar-refractivity contribution is 0.0880. The zero-order valence-electron chi connectivity index (χ0n) is 10.2. The Balaban J connectivity index is 1.40. The first-order valence-electron chi connectivity index (χ1n) is 6.58. The number of aromatic nitrogens is 3. The Kier molecular flexibility index (Phi) is 2.26. The molecule has 0 spiro atoms. The molecule has 5 heteroatoms. The normalized spacial score (nSPS) is 20.0. The molecule has 0 N–H and O–H groups in total. The highest BCUT2D eigenvalue weighted by Crippen LogP contribution is 2.28. The van der Waals surface area contributed by atoms with Crippen LogP contribution in [0.5, 0.6) is 0 Å². The van der Waals surface area contributed by atoms with Crippen molar-refractivity contribution in [3.05, 3.63) is 35.5 Å². The van der Waals surface area contributed by atoms with Crippen LogP contribution < -0.4 is 0 Å². The molecule has 0 aromatic carbocycles. The Morgan fingerprint density at radius 3 is 3.11 bits per heavy atom. The van der Waals surface area contributed by atoms with Crippen molar-refractivity contribution in [3.8, 4) is 0 Å². The lowest BCUT2D eigenvalue weighted by atomic mass is 10.1. The van der Waals surface area contributed by atoms with Gasteiger partial charge in [0.1, 0.15) is 11.5 Å². The fraction of sp³-hybridized carbons (Fsp3) is 0.538. The Labute approximate surface area is 105 Å². The molecule has 2 aliphatic rings. The first-order chi connectivity index (χ1) is 8.90. The summed E-state index contributed by atoms with van der Waals surface area (Å²) in [6, 6.07) is 2.51. The summed E-state index contributed by atoms with van der Waals surface area (Å²) >= 11 is 0. The van der Waals surface area contributed by atoms with E-state index >= 15 is 0 Å². The van der Waals surface area contributed by atoms with Gasteiger partial charge in [-0.1, -0.05) is 5.16 Å². The average Bonchev–Trinajstić information content (AvgIpc) is 3.01. The second-order valence-electron chi connectivity index (χ2n) is 5.22. The van der Waals surface area contributed by atoms with Crippen LogP contribution in [0.2, 0.25) is 0 Å². The van der Waals surface area contributed by atoms with Crippen molar-refractivity contribution in [2.75, 3.05) is 13.1 Å². The molecule has 0 bridgehead atoms. The molecule has 0 saturated carbocycles. The number of likely N-dealkylation sites (tertiary alicyclic amines) is 1. The number of fused-ring (bicyclic) bond motifs is 1. The van der Waals surface area contributed by atoms with Gasteiger partial charge >= 0.3 is 0 Å². The average molecular weight is 244 g/mol. The topological polar surface area (TPSA) is 47.1 Å². The fourth-order valence-corrected chi connectivity index (χ4v) is 2.96. The fourth-order valence-electron chi connectivity index (χ4n) is 2.96. The van der Waals surface area contributed by atoms with Gasteiger partial charge in [-0.05, 0) is 18.9 Å². The van der Waals surface area contributed by atoms with Crippen LogP contribution in [0, 0.1) is 0 Å². The van der Waals surface area contributed by atoms with E-state index < -0.39 is 0 Å². The van der Waals surface area contributed by atoms with Crippen molar-refractivity contribution >= 4 is 0 Å². The smallest absolute Gasteiger partial charge is 0.140 e. The maximum absolute atomic E-state index is 5.38. The maximum atomic E-state index is 5.38. The van der Waals surface area contributed by atoms with Crippen LogP contribution >= 0.6 is 0 Å². The highest BCUT2D eigenvalue weighted by Gasteiger charge is 2.30. The van der Waals surface area contributed by atoms with Gasteiger partial charge in [-0.2, -0.15) is 5.10 Å². The van der Waals surface area contributed by atoms with Gasteiger partial charge in [-0.15, -0.1) is 0 Å². The summed E-state index contributed by atoms with van der Waals surface area (Å²) in [7, 11) is 0. The molecule has 2 aromatic heterocycles. The highest BCUT2D eigenvalue weighted by molar-refractivity contribution is 5.27. The number of hydrogen-bond acceptors (Lipinski definition) is 4. The van der Waals surface area contributed by atoms with E-state index in [1.807, 2.05) is 23.1 Å². The van der Waals surface area contributed by atoms with Crippen molar-refractivity contribution in [2.45, 2.75) is 31.8 Å². The van der Waals surface area contributed by atoms with Crippen molar-refractivity contribution in [1.29, 1.82) is 0 Å². The molecule has 1 aliphatic carbocycles. The summed E-state index contributed by atoms with van der Waals surface area (Å²) < 4.78 is 7.43. The lowest BCUT2D eigenvalue weighted by Crippen LogP contribution is -2.47. The standard InChI is InChI=1S/C13H16N4O/c1-3-11-12(15-18-13(11)4-1)9-16-7-10(8-16)17-6-2-5-14-17/h2,5-6,10H,1,3-4,7-9H2. The monoisotopic (exact) mass is 244 g/mol. The van der Waals surface area contributed by atoms with E-state index in [1.54, 1.807) is 0 Å². The molecule has 18 heavy (non-hydrogen) atoms. The Morgan fingerprint density at radius 2 is 2.28 bits per heavy atom. The molecule has 3 heterocycles. The van der Waals surface area contributed by atoms with Crippen LogP contribution in [-0.2, 0) is 19.4 Å². The molecule has 5 nitrogen and oxygen atoms in total. The SMILES string of the molecule is c1cnn(C2CN(Cc3noc4c3CCC4)C2)c1. The number of rotatable bonds is 3. The molecule has 1 fully saturated rings. The first-order valence-corrected chi connectivity index (χ1v) is 6.58. The minimum atomic E-state index is 0.528. The lowest BCUT2D eigenvalue weighted by Gasteiger charge is -2.38. The molecule has 0 unspecified atom stereocenters. The summed E-state index contributed by atoms with van der Waals surface area (Å²) in [6.45, 7) is 3.04. The van der Waals surface area contributed by atoms with Crippen LogP contribution in [0.1, 0.15) is 29.5 Å². The third kappa shape index (κ3) is 1.58. The van der Waals surface area contributed by atoms with Crippen LogP contribution in [0.25, 0.3) is 0 Å².